The minimum Gasteiger partial charge on any atom is -0.368 e. The number of alkyl halides is 3. The number of benzene rings is 1. The van der Waals surface area contributed by atoms with E-state index in [1.807, 2.05) is 6.07 Å². The van der Waals surface area contributed by atoms with Gasteiger partial charge in [-0.05, 0) is 50.3 Å². The predicted molar refractivity (Wildman–Crippen MR) is 120 cm³/mol. The first-order valence-electron chi connectivity index (χ1n) is 9.26. The molecule has 0 saturated carbocycles. The van der Waals surface area contributed by atoms with Crippen LogP contribution in [0.5, 0.6) is 0 Å². The molecule has 2 aromatic rings. The predicted octanol–water partition coefficient (Wildman–Crippen LogP) is 3.86. The maximum Gasteiger partial charge on any atom is 0.416 e. The fraction of sp³-hybridized carbons (Fsp3) is 0.400. The van der Waals surface area contributed by atoms with Gasteiger partial charge in [0.1, 0.15) is 22.7 Å². The molecule has 0 bridgehead atoms. The summed E-state index contributed by atoms with van der Waals surface area (Å²) in [6.45, 7) is 0.419. The molecule has 0 saturated heterocycles. The Morgan fingerprint density at radius 2 is 2.03 bits per heavy atom. The SMILES string of the molecule is C.CSc1nc(N)nc(N[C@H](CCCCN)C(=O)Nc2cccc(C(F)(F)F)c2)c1C#N. The van der Waals surface area contributed by atoms with Crippen molar-refractivity contribution < 1.29 is 18.0 Å². The number of carbonyl (C=O) groups is 1. The molecular formula is C20H26F3N7OS. The Kier molecular flexibility index (Phi) is 10.2. The summed E-state index contributed by atoms with van der Waals surface area (Å²) < 4.78 is 38.9. The summed E-state index contributed by atoms with van der Waals surface area (Å²) in [5.74, 6) is -0.579. The molecule has 174 valence electrons. The van der Waals surface area contributed by atoms with Crippen LogP contribution >= 0.6 is 11.8 Å². The van der Waals surface area contributed by atoms with Gasteiger partial charge in [-0.3, -0.25) is 4.79 Å². The molecule has 1 aromatic carbocycles. The van der Waals surface area contributed by atoms with Gasteiger partial charge in [0.2, 0.25) is 11.9 Å². The van der Waals surface area contributed by atoms with E-state index in [0.717, 1.165) is 12.1 Å². The van der Waals surface area contributed by atoms with E-state index in [9.17, 15) is 23.2 Å². The van der Waals surface area contributed by atoms with Crippen LogP contribution in [0.2, 0.25) is 0 Å². The van der Waals surface area contributed by atoms with Crippen LogP contribution in [0.25, 0.3) is 0 Å². The largest absolute Gasteiger partial charge is 0.416 e. The van der Waals surface area contributed by atoms with Crippen molar-refractivity contribution in [3.63, 3.8) is 0 Å². The van der Waals surface area contributed by atoms with E-state index < -0.39 is 23.7 Å². The van der Waals surface area contributed by atoms with Crippen LogP contribution < -0.4 is 22.1 Å². The maximum atomic E-state index is 13.0. The van der Waals surface area contributed by atoms with E-state index in [-0.39, 0.29) is 30.4 Å². The number of thioether (sulfide) groups is 1. The molecule has 1 heterocycles. The Bertz CT molecular complexity index is 963. The summed E-state index contributed by atoms with van der Waals surface area (Å²) in [4.78, 5) is 20.9. The highest BCUT2D eigenvalue weighted by molar-refractivity contribution is 7.98. The Hall–Kier alpha value is -3.04. The zero-order chi connectivity index (χ0) is 23.0. The van der Waals surface area contributed by atoms with E-state index in [1.165, 1.54) is 23.9 Å². The number of nitrogens with two attached hydrogens (primary N) is 2. The number of nitrogens with one attached hydrogen (secondary N) is 2. The Labute approximate surface area is 189 Å². The van der Waals surface area contributed by atoms with Crippen molar-refractivity contribution in [2.24, 2.45) is 5.73 Å². The minimum absolute atomic E-state index is 0. The third-order valence-corrected chi connectivity index (χ3v) is 4.91. The molecule has 8 nitrogen and oxygen atoms in total. The third kappa shape index (κ3) is 7.28. The number of nitriles is 1. The third-order valence-electron chi connectivity index (χ3n) is 4.23. The fourth-order valence-electron chi connectivity index (χ4n) is 2.74. The zero-order valence-corrected chi connectivity index (χ0v) is 17.5. The molecule has 0 spiro atoms. The molecular weight excluding hydrogens is 443 g/mol. The van der Waals surface area contributed by atoms with Crippen molar-refractivity contribution in [3.8, 4) is 6.07 Å². The van der Waals surface area contributed by atoms with Crippen molar-refractivity contribution in [1.29, 1.82) is 5.26 Å². The standard InChI is InChI=1S/C19H22F3N7OS.CH4/c1-31-17-13(10-24)15(28-18(25)29-17)27-14(7-2-3-8-23)16(30)26-12-6-4-5-11(9-12)19(20,21)22;/h4-6,9,14H,2-3,7-8,23H2,1H3,(H,26,30)(H3,25,27,28,29);1H4/t14-;/m1./s1. The van der Waals surface area contributed by atoms with Gasteiger partial charge in [0.05, 0.1) is 5.56 Å². The molecule has 6 N–H and O–H groups in total. The number of hydrogen-bond donors (Lipinski definition) is 4. The molecule has 1 amide bonds. The van der Waals surface area contributed by atoms with Gasteiger partial charge < -0.3 is 22.1 Å². The molecule has 0 fully saturated rings. The van der Waals surface area contributed by atoms with Crippen molar-refractivity contribution in [1.82, 2.24) is 9.97 Å². The number of aromatic nitrogens is 2. The molecule has 0 radical (unpaired) electrons. The Morgan fingerprint density at radius 3 is 2.62 bits per heavy atom. The second-order valence-corrected chi connectivity index (χ2v) is 7.27. The van der Waals surface area contributed by atoms with Gasteiger partial charge in [0, 0.05) is 5.69 Å². The lowest BCUT2D eigenvalue weighted by molar-refractivity contribution is -0.137. The average molecular weight is 470 g/mol. The lowest BCUT2D eigenvalue weighted by Crippen LogP contribution is -2.35. The Balaban J connectivity index is 0.00000512. The number of rotatable bonds is 9. The number of halogens is 3. The maximum absolute atomic E-state index is 13.0. The summed E-state index contributed by atoms with van der Waals surface area (Å²) in [6, 6.07) is 5.43. The van der Waals surface area contributed by atoms with Gasteiger partial charge in [-0.15, -0.1) is 11.8 Å². The van der Waals surface area contributed by atoms with Gasteiger partial charge >= 0.3 is 6.18 Å². The molecule has 0 aliphatic heterocycles. The van der Waals surface area contributed by atoms with Gasteiger partial charge in [0.15, 0.2) is 5.82 Å². The number of anilines is 3. The van der Waals surface area contributed by atoms with Gasteiger partial charge in [-0.1, -0.05) is 13.5 Å². The quantitative estimate of drug-likeness (QED) is 0.246. The first-order valence-corrected chi connectivity index (χ1v) is 10.5. The summed E-state index contributed by atoms with van der Waals surface area (Å²) in [5.41, 5.74) is 10.5. The highest BCUT2D eigenvalue weighted by Gasteiger charge is 2.31. The zero-order valence-electron chi connectivity index (χ0n) is 16.7. The molecule has 32 heavy (non-hydrogen) atoms. The average Bonchev–Trinajstić information content (AvgIpc) is 2.72. The number of nitrogens with zero attached hydrogens (tertiary/aromatic N) is 3. The van der Waals surface area contributed by atoms with Crippen molar-refractivity contribution in [2.75, 3.05) is 29.2 Å². The van der Waals surface area contributed by atoms with E-state index in [0.29, 0.717) is 30.8 Å². The highest BCUT2D eigenvalue weighted by Crippen LogP contribution is 2.31. The molecule has 12 heteroatoms. The summed E-state index contributed by atoms with van der Waals surface area (Å²) in [6.07, 6.45) is -1.30. The molecule has 0 unspecified atom stereocenters. The van der Waals surface area contributed by atoms with E-state index in [1.54, 1.807) is 6.26 Å². The van der Waals surface area contributed by atoms with Crippen molar-refractivity contribution in [3.05, 3.63) is 35.4 Å². The van der Waals surface area contributed by atoms with Crippen LogP contribution in [0.1, 0.15) is 37.8 Å². The molecule has 0 aliphatic carbocycles. The summed E-state index contributed by atoms with van der Waals surface area (Å²) in [7, 11) is 0. The van der Waals surface area contributed by atoms with Gasteiger partial charge in [0.25, 0.3) is 0 Å². The summed E-state index contributed by atoms with van der Waals surface area (Å²) >= 11 is 1.19. The van der Waals surface area contributed by atoms with Gasteiger partial charge in [-0.2, -0.15) is 23.4 Å². The summed E-state index contributed by atoms with van der Waals surface area (Å²) in [5, 5.41) is 15.2. The number of unbranched alkanes of at least 4 members (excludes halogenated alkanes) is 1. The molecule has 2 rings (SSSR count). The normalized spacial score (nSPS) is 11.8. The molecule has 0 aliphatic rings. The topological polar surface area (TPSA) is 143 Å². The number of amides is 1. The molecule has 1 aromatic heterocycles. The van der Waals surface area contributed by atoms with Crippen LogP contribution in [0.15, 0.2) is 29.3 Å². The lowest BCUT2D eigenvalue weighted by Gasteiger charge is -2.20. The lowest BCUT2D eigenvalue weighted by atomic mass is 10.1. The van der Waals surface area contributed by atoms with E-state index in [2.05, 4.69) is 20.6 Å². The highest BCUT2D eigenvalue weighted by atomic mass is 32.2. The van der Waals surface area contributed by atoms with Crippen molar-refractivity contribution >= 4 is 35.1 Å². The van der Waals surface area contributed by atoms with Crippen molar-refractivity contribution in [2.45, 2.75) is 43.9 Å². The van der Waals surface area contributed by atoms with Crippen LogP contribution in [0.4, 0.5) is 30.6 Å². The number of nitrogen functional groups attached to an aromatic ring is 1. The van der Waals surface area contributed by atoms with Gasteiger partial charge in [-0.25, -0.2) is 4.98 Å². The molecule has 1 atom stereocenters. The second-order valence-electron chi connectivity index (χ2n) is 6.48. The van der Waals surface area contributed by atoms with Crippen LogP contribution in [-0.2, 0) is 11.0 Å². The smallest absolute Gasteiger partial charge is 0.368 e. The van der Waals surface area contributed by atoms with Crippen LogP contribution in [0.3, 0.4) is 0 Å². The van der Waals surface area contributed by atoms with E-state index in [4.69, 9.17) is 11.5 Å². The fourth-order valence-corrected chi connectivity index (χ4v) is 3.27. The first kappa shape index (κ1) is 27.0. The number of carbonyl (C=O) groups excluding carboxylic acids is 1. The monoisotopic (exact) mass is 469 g/mol. The van der Waals surface area contributed by atoms with Crippen LogP contribution in [-0.4, -0.2) is 34.7 Å². The number of hydrogen-bond acceptors (Lipinski definition) is 8. The van der Waals surface area contributed by atoms with E-state index >= 15 is 0 Å². The second kappa shape index (κ2) is 12.1. The minimum atomic E-state index is -4.53. The Morgan fingerprint density at radius 1 is 1.31 bits per heavy atom. The first-order chi connectivity index (χ1) is 14.7. The van der Waals surface area contributed by atoms with Crippen LogP contribution in [0, 0.1) is 11.3 Å².